The van der Waals surface area contributed by atoms with E-state index >= 15 is 0 Å². The standard InChI is InChI=1S/C21H26N6O2/c1-15-21(16(2)27(23-15)13-17-7-5-4-6-8-17)19-14-29-10-9-26(19)20(28)11-18-12-22-24-25(18)3/h4-8,12,19H,9-11,13-14H2,1-3H3. The van der Waals surface area contributed by atoms with Crippen molar-refractivity contribution in [1.29, 1.82) is 0 Å². The molecule has 1 aliphatic heterocycles. The molecule has 1 atom stereocenters. The molecule has 8 heteroatoms. The second kappa shape index (κ2) is 8.16. The van der Waals surface area contributed by atoms with Gasteiger partial charge in [-0.1, -0.05) is 35.5 Å². The quantitative estimate of drug-likeness (QED) is 0.660. The molecule has 0 radical (unpaired) electrons. The van der Waals surface area contributed by atoms with Crippen LogP contribution in [0.2, 0.25) is 0 Å². The van der Waals surface area contributed by atoms with Crippen LogP contribution in [0.5, 0.6) is 0 Å². The zero-order chi connectivity index (χ0) is 20.4. The number of carbonyl (C=O) groups is 1. The van der Waals surface area contributed by atoms with E-state index in [0.717, 1.165) is 22.6 Å². The number of ether oxygens (including phenoxy) is 1. The summed E-state index contributed by atoms with van der Waals surface area (Å²) in [6.07, 6.45) is 1.91. The van der Waals surface area contributed by atoms with E-state index in [4.69, 9.17) is 9.84 Å². The highest BCUT2D eigenvalue weighted by Gasteiger charge is 2.33. The van der Waals surface area contributed by atoms with Crippen molar-refractivity contribution in [3.63, 3.8) is 0 Å². The minimum Gasteiger partial charge on any atom is -0.377 e. The van der Waals surface area contributed by atoms with Gasteiger partial charge in [-0.15, -0.1) is 5.10 Å². The molecule has 4 rings (SSSR count). The Morgan fingerprint density at radius 1 is 1.24 bits per heavy atom. The highest BCUT2D eigenvalue weighted by molar-refractivity contribution is 5.79. The largest absolute Gasteiger partial charge is 0.377 e. The maximum Gasteiger partial charge on any atom is 0.229 e. The Morgan fingerprint density at radius 3 is 2.76 bits per heavy atom. The summed E-state index contributed by atoms with van der Waals surface area (Å²) in [7, 11) is 1.80. The summed E-state index contributed by atoms with van der Waals surface area (Å²) < 4.78 is 9.41. The molecule has 8 nitrogen and oxygen atoms in total. The van der Waals surface area contributed by atoms with Gasteiger partial charge in [-0.3, -0.25) is 14.2 Å². The topological polar surface area (TPSA) is 78.1 Å². The normalized spacial score (nSPS) is 16.9. The first-order chi connectivity index (χ1) is 14.0. The molecule has 0 bridgehead atoms. The molecule has 1 fully saturated rings. The Bertz CT molecular complexity index is 994. The number of amides is 1. The second-order valence-electron chi connectivity index (χ2n) is 7.43. The van der Waals surface area contributed by atoms with Crippen LogP contribution in [0.3, 0.4) is 0 Å². The van der Waals surface area contributed by atoms with E-state index in [-0.39, 0.29) is 18.4 Å². The lowest BCUT2D eigenvalue weighted by Crippen LogP contribution is -2.44. The van der Waals surface area contributed by atoms with Gasteiger partial charge in [-0.05, 0) is 19.4 Å². The number of hydrogen-bond acceptors (Lipinski definition) is 5. The lowest BCUT2D eigenvalue weighted by atomic mass is 10.0. The first-order valence-electron chi connectivity index (χ1n) is 9.83. The molecule has 0 spiro atoms. The van der Waals surface area contributed by atoms with E-state index in [0.29, 0.717) is 26.3 Å². The Balaban J connectivity index is 1.60. The molecular weight excluding hydrogens is 368 g/mol. The third-order valence-electron chi connectivity index (χ3n) is 5.54. The zero-order valence-corrected chi connectivity index (χ0v) is 17.1. The van der Waals surface area contributed by atoms with Gasteiger partial charge in [0, 0.05) is 24.8 Å². The van der Waals surface area contributed by atoms with Gasteiger partial charge in [0.15, 0.2) is 0 Å². The van der Waals surface area contributed by atoms with Gasteiger partial charge in [0.1, 0.15) is 0 Å². The van der Waals surface area contributed by atoms with E-state index in [1.54, 1.807) is 17.9 Å². The van der Waals surface area contributed by atoms with Crippen LogP contribution < -0.4 is 0 Å². The third-order valence-corrected chi connectivity index (χ3v) is 5.54. The number of benzene rings is 1. The van der Waals surface area contributed by atoms with Crippen molar-refractivity contribution in [3.05, 3.63) is 64.7 Å². The highest BCUT2D eigenvalue weighted by Crippen LogP contribution is 2.30. The molecule has 1 unspecified atom stereocenters. The van der Waals surface area contributed by atoms with E-state index in [9.17, 15) is 4.79 Å². The van der Waals surface area contributed by atoms with Crippen LogP contribution in [0.4, 0.5) is 0 Å². The maximum absolute atomic E-state index is 13.1. The summed E-state index contributed by atoms with van der Waals surface area (Å²) in [5.41, 5.74) is 5.09. The van der Waals surface area contributed by atoms with Crippen molar-refractivity contribution in [3.8, 4) is 0 Å². The maximum atomic E-state index is 13.1. The van der Waals surface area contributed by atoms with Gasteiger partial charge < -0.3 is 9.64 Å². The number of carbonyl (C=O) groups excluding carboxylic acids is 1. The number of aromatic nitrogens is 5. The lowest BCUT2D eigenvalue weighted by Gasteiger charge is -2.36. The molecule has 1 saturated heterocycles. The van der Waals surface area contributed by atoms with Gasteiger partial charge in [-0.25, -0.2) is 0 Å². The monoisotopic (exact) mass is 394 g/mol. The van der Waals surface area contributed by atoms with E-state index in [1.807, 2.05) is 34.7 Å². The predicted octanol–water partition coefficient (Wildman–Crippen LogP) is 1.82. The molecule has 1 amide bonds. The Morgan fingerprint density at radius 2 is 2.03 bits per heavy atom. The molecule has 0 N–H and O–H groups in total. The van der Waals surface area contributed by atoms with Gasteiger partial charge in [0.2, 0.25) is 5.91 Å². The van der Waals surface area contributed by atoms with E-state index in [2.05, 4.69) is 29.4 Å². The molecule has 29 heavy (non-hydrogen) atoms. The third kappa shape index (κ3) is 3.93. The van der Waals surface area contributed by atoms with Crippen molar-refractivity contribution in [1.82, 2.24) is 29.7 Å². The Kier molecular flexibility index (Phi) is 5.44. The summed E-state index contributed by atoms with van der Waals surface area (Å²) in [4.78, 5) is 15.0. The number of morpholine rings is 1. The average molecular weight is 394 g/mol. The fourth-order valence-electron chi connectivity index (χ4n) is 3.97. The molecule has 0 aliphatic carbocycles. The van der Waals surface area contributed by atoms with Crippen molar-refractivity contribution < 1.29 is 9.53 Å². The second-order valence-corrected chi connectivity index (χ2v) is 7.43. The zero-order valence-electron chi connectivity index (χ0n) is 17.1. The minimum absolute atomic E-state index is 0.0540. The number of nitrogens with zero attached hydrogens (tertiary/aromatic N) is 6. The van der Waals surface area contributed by atoms with E-state index < -0.39 is 0 Å². The first-order valence-corrected chi connectivity index (χ1v) is 9.83. The van der Waals surface area contributed by atoms with Crippen molar-refractivity contribution in [2.45, 2.75) is 32.9 Å². The Labute approximate surface area is 170 Å². The molecule has 3 heterocycles. The molecule has 1 aliphatic rings. The van der Waals surface area contributed by atoms with Crippen LogP contribution in [0, 0.1) is 13.8 Å². The first kappa shape index (κ1) is 19.3. The summed E-state index contributed by atoms with van der Waals surface area (Å²) in [6.45, 7) is 6.37. The van der Waals surface area contributed by atoms with Crippen LogP contribution in [-0.4, -0.2) is 55.3 Å². The van der Waals surface area contributed by atoms with Crippen molar-refractivity contribution in [2.75, 3.05) is 19.8 Å². The van der Waals surface area contributed by atoms with Crippen molar-refractivity contribution in [2.24, 2.45) is 7.05 Å². The lowest BCUT2D eigenvalue weighted by molar-refractivity contribution is -0.139. The van der Waals surface area contributed by atoms with Gasteiger partial charge in [0.05, 0.1) is 49.8 Å². The van der Waals surface area contributed by atoms with Gasteiger partial charge in [-0.2, -0.15) is 5.10 Å². The smallest absolute Gasteiger partial charge is 0.229 e. The summed E-state index contributed by atoms with van der Waals surface area (Å²) in [5.74, 6) is 0.0540. The number of hydrogen-bond donors (Lipinski definition) is 0. The fraction of sp³-hybridized carbons (Fsp3) is 0.429. The summed E-state index contributed by atoms with van der Waals surface area (Å²) in [6, 6.07) is 10.1. The summed E-state index contributed by atoms with van der Waals surface area (Å²) >= 11 is 0. The average Bonchev–Trinajstić information content (AvgIpc) is 3.25. The number of aryl methyl sites for hydroxylation is 2. The highest BCUT2D eigenvalue weighted by atomic mass is 16.5. The molecule has 3 aromatic rings. The van der Waals surface area contributed by atoms with Gasteiger partial charge >= 0.3 is 0 Å². The van der Waals surface area contributed by atoms with E-state index in [1.165, 1.54) is 5.56 Å². The van der Waals surface area contributed by atoms with Crippen LogP contribution >= 0.6 is 0 Å². The number of rotatable bonds is 5. The molecule has 1 aromatic carbocycles. The predicted molar refractivity (Wildman–Crippen MR) is 107 cm³/mol. The molecule has 0 saturated carbocycles. The minimum atomic E-state index is -0.137. The molecular formula is C21H26N6O2. The van der Waals surface area contributed by atoms with Crippen LogP contribution in [0.25, 0.3) is 0 Å². The molecule has 152 valence electrons. The van der Waals surface area contributed by atoms with Crippen LogP contribution in [0.1, 0.15) is 34.3 Å². The fourth-order valence-corrected chi connectivity index (χ4v) is 3.97. The van der Waals surface area contributed by atoms with Crippen LogP contribution in [0.15, 0.2) is 36.5 Å². The SMILES string of the molecule is Cc1nn(Cc2ccccc2)c(C)c1C1COCCN1C(=O)Cc1cnnn1C. The van der Waals surface area contributed by atoms with Crippen molar-refractivity contribution >= 4 is 5.91 Å². The Hall–Kier alpha value is -3.00. The molecule has 2 aromatic heterocycles. The summed E-state index contributed by atoms with van der Waals surface area (Å²) in [5, 5.41) is 12.6. The van der Waals surface area contributed by atoms with Gasteiger partial charge in [0.25, 0.3) is 0 Å². The van der Waals surface area contributed by atoms with Crippen LogP contribution in [-0.2, 0) is 29.5 Å².